The normalized spacial score (nSPS) is 15.0. The highest BCUT2D eigenvalue weighted by Gasteiger charge is 2.59. The van der Waals surface area contributed by atoms with E-state index in [9.17, 15) is 4.79 Å². The largest absolute Gasteiger partial charge is 1.00 e. The molecule has 0 fully saturated rings. The van der Waals surface area contributed by atoms with Gasteiger partial charge in [-0.2, -0.15) is 0 Å². The van der Waals surface area contributed by atoms with E-state index in [-0.39, 0.29) is 23.0 Å². The van der Waals surface area contributed by atoms with Gasteiger partial charge in [0.25, 0.3) is 5.85 Å². The molecule has 4 aromatic carbocycles. The van der Waals surface area contributed by atoms with Crippen molar-refractivity contribution in [3.63, 3.8) is 0 Å². The van der Waals surface area contributed by atoms with Crippen LogP contribution in [0, 0.1) is 0 Å². The maximum Gasteiger partial charge on any atom is 0.342 e. The van der Waals surface area contributed by atoms with E-state index in [1.54, 1.807) is 12.1 Å². The fraction of sp³-hybridized carbons (Fsp3) is 0.0385. The summed E-state index contributed by atoms with van der Waals surface area (Å²) in [5, 5.41) is 4.00. The SMILES string of the molecule is O=C1OC([P+](c2ccccc2)(c2ccccc2)c2ccccc2)c2c(Cl)cccc21.[Br-]. The Kier molecular flexibility index (Phi) is 6.29. The van der Waals surface area contributed by atoms with E-state index in [4.69, 9.17) is 16.3 Å². The van der Waals surface area contributed by atoms with Crippen molar-refractivity contribution in [1.82, 2.24) is 0 Å². The number of esters is 1. The summed E-state index contributed by atoms with van der Waals surface area (Å²) in [5.41, 5.74) is 1.34. The van der Waals surface area contributed by atoms with Crippen molar-refractivity contribution >= 4 is 40.7 Å². The van der Waals surface area contributed by atoms with Crippen LogP contribution in [0.3, 0.4) is 0 Å². The third-order valence-corrected chi connectivity index (χ3v) is 10.3. The Balaban J connectivity index is 0.00000231. The lowest BCUT2D eigenvalue weighted by Crippen LogP contribution is -3.00. The monoisotopic (exact) mass is 508 g/mol. The Labute approximate surface area is 198 Å². The van der Waals surface area contributed by atoms with Gasteiger partial charge >= 0.3 is 5.97 Å². The van der Waals surface area contributed by atoms with Gasteiger partial charge in [-0.25, -0.2) is 4.79 Å². The van der Waals surface area contributed by atoms with Crippen molar-refractivity contribution in [1.29, 1.82) is 0 Å². The van der Waals surface area contributed by atoms with Gasteiger partial charge in [0.2, 0.25) is 0 Å². The Morgan fingerprint density at radius 1 is 0.645 bits per heavy atom. The third-order valence-electron chi connectivity index (χ3n) is 5.58. The van der Waals surface area contributed by atoms with E-state index >= 15 is 0 Å². The summed E-state index contributed by atoms with van der Waals surface area (Å²) < 4.78 is 6.17. The zero-order valence-electron chi connectivity index (χ0n) is 16.5. The van der Waals surface area contributed by atoms with E-state index in [0.717, 1.165) is 21.5 Å². The van der Waals surface area contributed by atoms with Gasteiger partial charge in [0.05, 0.1) is 16.1 Å². The predicted octanol–water partition coefficient (Wildman–Crippen LogP) is 2.51. The van der Waals surface area contributed by atoms with Crippen molar-refractivity contribution in [3.05, 3.63) is 125 Å². The maximum absolute atomic E-state index is 12.9. The molecule has 0 amide bonds. The number of rotatable bonds is 4. The van der Waals surface area contributed by atoms with Crippen LogP contribution in [-0.2, 0) is 4.74 Å². The zero-order valence-corrected chi connectivity index (χ0v) is 19.7. The van der Waals surface area contributed by atoms with Crippen LogP contribution < -0.4 is 32.9 Å². The van der Waals surface area contributed by atoms with Crippen LogP contribution in [0.2, 0.25) is 5.02 Å². The minimum Gasteiger partial charge on any atom is -1.00 e. The minimum atomic E-state index is -2.43. The Hall–Kier alpha value is -2.45. The Morgan fingerprint density at radius 3 is 1.55 bits per heavy atom. The molecule has 0 bridgehead atoms. The van der Waals surface area contributed by atoms with E-state index in [1.165, 1.54) is 0 Å². The number of carbonyl (C=O) groups is 1. The average Bonchev–Trinajstić information content (AvgIpc) is 3.15. The molecule has 0 saturated heterocycles. The molecule has 1 atom stereocenters. The third kappa shape index (κ3) is 3.51. The molecule has 4 aromatic rings. The molecule has 0 saturated carbocycles. The lowest BCUT2D eigenvalue weighted by Gasteiger charge is -2.31. The number of hydrogen-bond acceptors (Lipinski definition) is 2. The molecule has 5 heteroatoms. The number of cyclic esters (lactones) is 1. The highest BCUT2D eigenvalue weighted by Crippen LogP contribution is 2.69. The summed E-state index contributed by atoms with van der Waals surface area (Å²) in [6.45, 7) is 0. The second-order valence-electron chi connectivity index (χ2n) is 7.19. The molecule has 0 N–H and O–H groups in total. The standard InChI is InChI=1S/C26H19ClO2P.BrH/c27-23-18-10-17-22-24(23)26(29-25(22)28)30(19-11-4-1-5-12-19,20-13-6-2-7-14-20)21-15-8-3-9-16-21;/h1-18,26H;1H/q+1;/p-1. The molecule has 1 heterocycles. The number of halogens is 2. The molecule has 1 unspecified atom stereocenters. The van der Waals surface area contributed by atoms with Crippen molar-refractivity contribution in [2.24, 2.45) is 0 Å². The molecule has 1 aliphatic rings. The highest BCUT2D eigenvalue weighted by molar-refractivity contribution is 7.95. The Morgan fingerprint density at radius 2 is 1.10 bits per heavy atom. The number of benzene rings is 4. The summed E-state index contributed by atoms with van der Waals surface area (Å²) in [6.07, 6.45) is 0. The van der Waals surface area contributed by atoms with Gasteiger partial charge in [-0.05, 0) is 48.5 Å². The van der Waals surface area contributed by atoms with Gasteiger partial charge in [0.15, 0.2) is 7.26 Å². The van der Waals surface area contributed by atoms with Gasteiger partial charge in [-0.1, -0.05) is 72.3 Å². The van der Waals surface area contributed by atoms with Crippen LogP contribution in [0.25, 0.3) is 0 Å². The molecule has 154 valence electrons. The molecule has 5 rings (SSSR count). The summed E-state index contributed by atoms with van der Waals surface area (Å²) in [4.78, 5) is 12.9. The van der Waals surface area contributed by atoms with Gasteiger partial charge in [-0.15, -0.1) is 0 Å². The van der Waals surface area contributed by atoms with Gasteiger partial charge in [-0.3, -0.25) is 0 Å². The van der Waals surface area contributed by atoms with Crippen LogP contribution in [0.5, 0.6) is 0 Å². The van der Waals surface area contributed by atoms with Gasteiger partial charge in [0.1, 0.15) is 15.9 Å². The number of hydrogen-bond donors (Lipinski definition) is 0. The van der Waals surface area contributed by atoms with E-state index in [1.807, 2.05) is 60.7 Å². The molecule has 0 radical (unpaired) electrons. The minimum absolute atomic E-state index is 0. The van der Waals surface area contributed by atoms with Crippen molar-refractivity contribution < 1.29 is 26.5 Å². The first-order chi connectivity index (χ1) is 14.7. The molecular weight excluding hydrogens is 491 g/mol. The summed E-state index contributed by atoms with van der Waals surface area (Å²) in [6, 6.07) is 36.5. The van der Waals surface area contributed by atoms with Crippen LogP contribution >= 0.6 is 18.9 Å². The second-order valence-corrected chi connectivity index (χ2v) is 11.1. The fourth-order valence-corrected chi connectivity index (χ4v) is 9.21. The molecule has 0 spiro atoms. The predicted molar refractivity (Wildman–Crippen MR) is 125 cm³/mol. The summed E-state index contributed by atoms with van der Waals surface area (Å²) in [7, 11) is -2.43. The van der Waals surface area contributed by atoms with Gasteiger partial charge in [0, 0.05) is 0 Å². The molecule has 0 aliphatic carbocycles. The topological polar surface area (TPSA) is 26.3 Å². The first-order valence-electron chi connectivity index (χ1n) is 9.78. The smallest absolute Gasteiger partial charge is 0.342 e. The maximum atomic E-state index is 12.9. The average molecular weight is 510 g/mol. The lowest BCUT2D eigenvalue weighted by atomic mass is 10.1. The van der Waals surface area contributed by atoms with Crippen LogP contribution in [-0.4, -0.2) is 5.97 Å². The number of fused-ring (bicyclic) bond motifs is 1. The second kappa shape index (κ2) is 8.96. The molecule has 1 aliphatic heterocycles. The quantitative estimate of drug-likeness (QED) is 0.312. The van der Waals surface area contributed by atoms with Gasteiger partial charge < -0.3 is 21.7 Å². The van der Waals surface area contributed by atoms with E-state index in [0.29, 0.717) is 10.6 Å². The first kappa shape index (κ1) is 21.8. The molecule has 31 heavy (non-hydrogen) atoms. The molecular formula is C26H19BrClO2P. The fourth-order valence-electron chi connectivity index (χ4n) is 4.31. The van der Waals surface area contributed by atoms with Crippen LogP contribution in [0.15, 0.2) is 109 Å². The van der Waals surface area contributed by atoms with Crippen molar-refractivity contribution in [2.75, 3.05) is 0 Å². The zero-order chi connectivity index (χ0) is 20.6. The number of ether oxygens (including phenoxy) is 1. The van der Waals surface area contributed by atoms with E-state index in [2.05, 4.69) is 36.4 Å². The highest BCUT2D eigenvalue weighted by atomic mass is 79.9. The lowest BCUT2D eigenvalue weighted by molar-refractivity contribution is -0.0000232. The Bertz CT molecular complexity index is 1100. The van der Waals surface area contributed by atoms with Crippen molar-refractivity contribution in [3.8, 4) is 0 Å². The number of carbonyl (C=O) groups excluding carboxylic acids is 1. The van der Waals surface area contributed by atoms with E-state index < -0.39 is 13.1 Å². The van der Waals surface area contributed by atoms with Crippen molar-refractivity contribution in [2.45, 2.75) is 5.85 Å². The van der Waals surface area contributed by atoms with Crippen LogP contribution in [0.4, 0.5) is 0 Å². The molecule has 0 aromatic heterocycles. The summed E-state index contributed by atoms with van der Waals surface area (Å²) >= 11 is 6.68. The van der Waals surface area contributed by atoms with Crippen LogP contribution in [0.1, 0.15) is 21.8 Å². The first-order valence-corrected chi connectivity index (χ1v) is 12.0. The molecule has 2 nitrogen and oxygen atoms in total. The summed E-state index contributed by atoms with van der Waals surface area (Å²) in [5.74, 6) is -0.800.